The van der Waals surface area contributed by atoms with Gasteiger partial charge in [0.1, 0.15) is 5.75 Å². The summed E-state index contributed by atoms with van der Waals surface area (Å²) in [6.07, 6.45) is 2.57. The molecule has 2 N–H and O–H groups in total. The van der Waals surface area contributed by atoms with Crippen molar-refractivity contribution in [1.82, 2.24) is 0 Å². The maximum absolute atomic E-state index is 10.3. The van der Waals surface area contributed by atoms with Crippen LogP contribution in [0.1, 0.15) is 6.42 Å². The molecule has 0 saturated heterocycles. The Labute approximate surface area is 47.3 Å². The first kappa shape index (κ1) is 7.27. The molecule has 3 heteroatoms. The summed E-state index contributed by atoms with van der Waals surface area (Å²) in [4.78, 5) is 0. The molecular formula is C4H11NOS. The number of hydrogen-bond donors (Lipinski definition) is 1. The molecule has 2 nitrogen and oxygen atoms in total. The minimum Gasteiger partial charge on any atom is -0.617 e. The summed E-state index contributed by atoms with van der Waals surface area (Å²) in [6, 6.07) is 0. The van der Waals surface area contributed by atoms with Gasteiger partial charge in [0, 0.05) is 6.42 Å². The quantitative estimate of drug-likeness (QED) is 0.522. The summed E-state index contributed by atoms with van der Waals surface area (Å²) >= 11 is -0.645. The van der Waals surface area contributed by atoms with E-state index in [4.69, 9.17) is 5.73 Å². The van der Waals surface area contributed by atoms with Gasteiger partial charge in [-0.3, -0.25) is 0 Å². The van der Waals surface area contributed by atoms with Crippen LogP contribution in [0.2, 0.25) is 0 Å². The minimum absolute atomic E-state index is 0.645. The maximum atomic E-state index is 10.3. The molecule has 44 valence electrons. The third-order valence-electron chi connectivity index (χ3n) is 0.636. The Kier molecular flexibility index (Phi) is 4.60. The Morgan fingerprint density at radius 3 is 2.43 bits per heavy atom. The van der Waals surface area contributed by atoms with Gasteiger partial charge in [0.15, 0.2) is 0 Å². The molecule has 1 atom stereocenters. The second-order valence-corrected chi connectivity index (χ2v) is 2.97. The van der Waals surface area contributed by atoms with Crippen molar-refractivity contribution in [3.05, 3.63) is 0 Å². The fraction of sp³-hybridized carbons (Fsp3) is 1.00. The van der Waals surface area contributed by atoms with Gasteiger partial charge >= 0.3 is 0 Å². The van der Waals surface area contributed by atoms with Gasteiger partial charge in [0.25, 0.3) is 0 Å². The van der Waals surface area contributed by atoms with Crippen molar-refractivity contribution < 1.29 is 4.55 Å². The molecule has 0 rings (SSSR count). The van der Waals surface area contributed by atoms with Gasteiger partial charge in [-0.05, 0) is 6.54 Å². The predicted octanol–water partition coefficient (Wildman–Crippen LogP) is -0.286. The van der Waals surface area contributed by atoms with E-state index < -0.39 is 11.2 Å². The molecule has 0 aromatic carbocycles. The fourth-order valence-electron chi connectivity index (χ4n) is 0.287. The van der Waals surface area contributed by atoms with Crippen LogP contribution in [0, 0.1) is 0 Å². The summed E-state index contributed by atoms with van der Waals surface area (Å²) in [5.74, 6) is 0.747. The molecule has 0 aliphatic carbocycles. The highest BCUT2D eigenvalue weighted by molar-refractivity contribution is 7.90. The molecule has 0 heterocycles. The van der Waals surface area contributed by atoms with Crippen LogP contribution in [0.15, 0.2) is 0 Å². The predicted molar refractivity (Wildman–Crippen MR) is 32.6 cm³/mol. The summed E-state index contributed by atoms with van der Waals surface area (Å²) in [7, 11) is 0. The van der Waals surface area contributed by atoms with Crippen LogP contribution in [-0.4, -0.2) is 23.1 Å². The fourth-order valence-corrected chi connectivity index (χ4v) is 0.860. The van der Waals surface area contributed by atoms with E-state index in [2.05, 4.69) is 0 Å². The molecule has 7 heavy (non-hydrogen) atoms. The van der Waals surface area contributed by atoms with Crippen LogP contribution in [0.25, 0.3) is 0 Å². The lowest BCUT2D eigenvalue weighted by atomic mass is 10.5. The molecule has 0 fully saturated rings. The highest BCUT2D eigenvalue weighted by Crippen LogP contribution is 1.84. The van der Waals surface area contributed by atoms with E-state index in [-0.39, 0.29) is 0 Å². The first-order valence-corrected chi connectivity index (χ1v) is 4.00. The van der Waals surface area contributed by atoms with Gasteiger partial charge in [-0.25, -0.2) is 0 Å². The van der Waals surface area contributed by atoms with Crippen molar-refractivity contribution in [2.45, 2.75) is 6.42 Å². The molecule has 0 aromatic heterocycles. The molecule has 0 aliphatic heterocycles. The second-order valence-electron chi connectivity index (χ2n) is 1.42. The monoisotopic (exact) mass is 121 g/mol. The van der Waals surface area contributed by atoms with Crippen LogP contribution in [0.3, 0.4) is 0 Å². The van der Waals surface area contributed by atoms with E-state index in [1.807, 2.05) is 0 Å². The van der Waals surface area contributed by atoms with Gasteiger partial charge in [-0.15, -0.1) is 0 Å². The van der Waals surface area contributed by atoms with Gasteiger partial charge in [0.2, 0.25) is 0 Å². The summed E-state index contributed by atoms with van der Waals surface area (Å²) in [6.45, 7) is 0.652. The van der Waals surface area contributed by atoms with E-state index in [0.29, 0.717) is 6.54 Å². The summed E-state index contributed by atoms with van der Waals surface area (Å²) in [5, 5.41) is 0. The molecule has 0 unspecified atom stereocenters. The first-order chi connectivity index (χ1) is 3.27. The van der Waals surface area contributed by atoms with Crippen molar-refractivity contribution in [3.63, 3.8) is 0 Å². The number of rotatable bonds is 3. The molecule has 0 spiro atoms. The summed E-state index contributed by atoms with van der Waals surface area (Å²) in [5.41, 5.74) is 5.14. The standard InChI is InChI=1S/C4H11NOS/c1-7(6)4-2-3-5/h2-5H2,1H3/t7-/m0/s1. The third kappa shape index (κ3) is 6.27. The smallest absolute Gasteiger partial charge is 0.106 e. The maximum Gasteiger partial charge on any atom is 0.106 e. The van der Waals surface area contributed by atoms with Gasteiger partial charge in [-0.2, -0.15) is 0 Å². The van der Waals surface area contributed by atoms with E-state index in [1.54, 1.807) is 6.26 Å². The molecule has 0 saturated carbocycles. The lowest BCUT2D eigenvalue weighted by Crippen LogP contribution is -2.08. The van der Waals surface area contributed by atoms with Crippen LogP contribution in [-0.2, 0) is 11.2 Å². The van der Waals surface area contributed by atoms with Gasteiger partial charge in [-0.1, -0.05) is 11.2 Å². The zero-order valence-corrected chi connectivity index (χ0v) is 5.33. The zero-order chi connectivity index (χ0) is 5.70. The highest BCUT2D eigenvalue weighted by atomic mass is 32.2. The molecule has 0 radical (unpaired) electrons. The summed E-state index contributed by atoms with van der Waals surface area (Å²) < 4.78 is 10.3. The molecular weight excluding hydrogens is 110 g/mol. The largest absolute Gasteiger partial charge is 0.617 e. The van der Waals surface area contributed by atoms with Crippen molar-refractivity contribution in [2.75, 3.05) is 18.6 Å². The van der Waals surface area contributed by atoms with Crippen molar-refractivity contribution in [2.24, 2.45) is 5.73 Å². The van der Waals surface area contributed by atoms with Crippen molar-refractivity contribution in [3.8, 4) is 0 Å². The lowest BCUT2D eigenvalue weighted by molar-refractivity contribution is 0.598. The Morgan fingerprint density at radius 1 is 1.71 bits per heavy atom. The molecule has 0 aliphatic rings. The average molecular weight is 121 g/mol. The van der Waals surface area contributed by atoms with Crippen LogP contribution >= 0.6 is 0 Å². The van der Waals surface area contributed by atoms with Crippen molar-refractivity contribution >= 4 is 11.2 Å². The Hall–Kier alpha value is 0.270. The Bertz CT molecular complexity index is 40.7. The van der Waals surface area contributed by atoms with Crippen molar-refractivity contribution in [1.29, 1.82) is 0 Å². The van der Waals surface area contributed by atoms with Crippen LogP contribution < -0.4 is 5.73 Å². The minimum atomic E-state index is -0.645. The lowest BCUT2D eigenvalue weighted by Gasteiger charge is -2.00. The van der Waals surface area contributed by atoms with E-state index in [1.165, 1.54) is 0 Å². The number of hydrogen-bond acceptors (Lipinski definition) is 2. The second kappa shape index (κ2) is 4.43. The Morgan fingerprint density at radius 2 is 2.29 bits per heavy atom. The highest BCUT2D eigenvalue weighted by Gasteiger charge is 1.91. The first-order valence-electron chi connectivity index (χ1n) is 2.27. The Balaban J connectivity index is 2.68. The van der Waals surface area contributed by atoms with E-state index in [9.17, 15) is 4.55 Å². The average Bonchev–Trinajstić information content (AvgIpc) is 1.61. The van der Waals surface area contributed by atoms with E-state index >= 15 is 0 Å². The molecule has 0 amide bonds. The molecule has 0 aromatic rings. The van der Waals surface area contributed by atoms with Crippen LogP contribution in [0.4, 0.5) is 0 Å². The zero-order valence-electron chi connectivity index (χ0n) is 4.52. The topological polar surface area (TPSA) is 49.1 Å². The number of nitrogens with two attached hydrogens (primary N) is 1. The van der Waals surface area contributed by atoms with Crippen LogP contribution in [0.5, 0.6) is 0 Å². The SMILES string of the molecule is C[S@+]([O-])CCCN. The van der Waals surface area contributed by atoms with Gasteiger partial charge in [0.05, 0.1) is 6.26 Å². The van der Waals surface area contributed by atoms with Gasteiger partial charge < -0.3 is 10.3 Å². The molecule has 0 bridgehead atoms. The normalized spacial score (nSPS) is 14.1. The third-order valence-corrected chi connectivity index (χ3v) is 1.50. The van der Waals surface area contributed by atoms with E-state index in [0.717, 1.165) is 12.2 Å².